The topological polar surface area (TPSA) is 111 Å². The van der Waals surface area contributed by atoms with Gasteiger partial charge in [-0.05, 0) is 30.8 Å². The molecule has 0 aromatic heterocycles. The maximum atomic E-state index is 13.3. The van der Waals surface area contributed by atoms with Gasteiger partial charge >= 0.3 is 0 Å². The third-order valence-electron chi connectivity index (χ3n) is 6.66. The van der Waals surface area contributed by atoms with Gasteiger partial charge in [-0.25, -0.2) is 8.42 Å². The average Bonchev–Trinajstić information content (AvgIpc) is 2.89. The van der Waals surface area contributed by atoms with E-state index in [1.54, 1.807) is 18.2 Å². The number of ether oxygens (including phenoxy) is 1. The van der Waals surface area contributed by atoms with Crippen LogP contribution in [0.5, 0.6) is 0 Å². The molecule has 200 valence electrons. The van der Waals surface area contributed by atoms with Gasteiger partial charge in [-0.3, -0.25) is 9.59 Å². The molecule has 2 aromatic carbocycles. The van der Waals surface area contributed by atoms with E-state index in [0.717, 1.165) is 37.4 Å². The van der Waals surface area contributed by atoms with Gasteiger partial charge in [-0.2, -0.15) is 4.31 Å². The summed E-state index contributed by atoms with van der Waals surface area (Å²) >= 11 is 0. The number of nitrogens with one attached hydrogen (secondary N) is 2. The van der Waals surface area contributed by atoms with Gasteiger partial charge in [-0.15, -0.1) is 0 Å². The van der Waals surface area contributed by atoms with Crippen LogP contribution in [0.4, 0.5) is 11.4 Å². The maximum Gasteiger partial charge on any atom is 0.243 e. The van der Waals surface area contributed by atoms with Crippen LogP contribution >= 0.6 is 0 Å². The van der Waals surface area contributed by atoms with Crippen molar-refractivity contribution < 1.29 is 22.7 Å². The second-order valence-electron chi connectivity index (χ2n) is 9.40. The number of likely N-dealkylation sites (N-methyl/N-ethyl adjacent to an activating group) is 1. The van der Waals surface area contributed by atoms with E-state index in [9.17, 15) is 18.0 Å². The zero-order valence-electron chi connectivity index (χ0n) is 21.4. The van der Waals surface area contributed by atoms with Crippen molar-refractivity contribution in [1.82, 2.24) is 14.5 Å². The van der Waals surface area contributed by atoms with Crippen molar-refractivity contribution in [2.75, 3.05) is 69.7 Å². The fraction of sp³-hybridized carbons (Fsp3) is 0.462. The first-order valence-electron chi connectivity index (χ1n) is 12.5. The molecular formula is C26H35N5O5S. The van der Waals surface area contributed by atoms with Gasteiger partial charge in [0.25, 0.3) is 0 Å². The molecule has 0 bridgehead atoms. The van der Waals surface area contributed by atoms with Crippen LogP contribution < -0.4 is 15.5 Å². The number of anilines is 2. The number of rotatable bonds is 8. The molecule has 11 heteroatoms. The fourth-order valence-electron chi connectivity index (χ4n) is 4.60. The van der Waals surface area contributed by atoms with E-state index in [-0.39, 0.29) is 23.1 Å². The molecule has 0 aliphatic carbocycles. The van der Waals surface area contributed by atoms with Crippen LogP contribution in [0.1, 0.15) is 24.9 Å². The van der Waals surface area contributed by atoms with E-state index in [2.05, 4.69) is 27.5 Å². The lowest BCUT2D eigenvalue weighted by Crippen LogP contribution is -2.45. The molecule has 37 heavy (non-hydrogen) atoms. The summed E-state index contributed by atoms with van der Waals surface area (Å²) in [7, 11) is -1.68. The smallest absolute Gasteiger partial charge is 0.243 e. The number of carbonyl (C=O) groups excluding carboxylic acids is 2. The van der Waals surface area contributed by atoms with Gasteiger partial charge in [0.05, 0.1) is 41.9 Å². The number of hydrogen-bond donors (Lipinski definition) is 2. The van der Waals surface area contributed by atoms with Crippen molar-refractivity contribution in [2.45, 2.75) is 24.3 Å². The molecule has 2 amide bonds. The van der Waals surface area contributed by atoms with Gasteiger partial charge in [0.1, 0.15) is 0 Å². The minimum atomic E-state index is -3.74. The largest absolute Gasteiger partial charge is 0.379 e. The first-order valence-corrected chi connectivity index (χ1v) is 14.0. The molecule has 2 fully saturated rings. The first-order chi connectivity index (χ1) is 17.7. The van der Waals surface area contributed by atoms with Crippen LogP contribution in [0.2, 0.25) is 0 Å². The van der Waals surface area contributed by atoms with Gasteiger partial charge in [0.2, 0.25) is 21.8 Å². The predicted octanol–water partition coefficient (Wildman–Crippen LogP) is 1.67. The second-order valence-corrected chi connectivity index (χ2v) is 11.3. The predicted molar refractivity (Wildman–Crippen MR) is 142 cm³/mol. The van der Waals surface area contributed by atoms with E-state index in [0.29, 0.717) is 32.0 Å². The minimum absolute atomic E-state index is 0.00616. The highest BCUT2D eigenvalue weighted by molar-refractivity contribution is 7.89. The van der Waals surface area contributed by atoms with Crippen molar-refractivity contribution in [3.63, 3.8) is 0 Å². The number of nitrogens with zero attached hydrogens (tertiary/aromatic N) is 3. The number of amides is 2. The van der Waals surface area contributed by atoms with Gasteiger partial charge in [-0.1, -0.05) is 30.3 Å². The summed E-state index contributed by atoms with van der Waals surface area (Å²) in [6.45, 7) is 5.94. The number of hydrogen-bond acceptors (Lipinski definition) is 7. The zero-order chi connectivity index (χ0) is 26.4. The van der Waals surface area contributed by atoms with E-state index in [4.69, 9.17) is 4.74 Å². The summed E-state index contributed by atoms with van der Waals surface area (Å²) in [4.78, 5) is 29.6. The third-order valence-corrected chi connectivity index (χ3v) is 8.56. The Kier molecular flexibility index (Phi) is 8.80. The van der Waals surface area contributed by atoms with Gasteiger partial charge in [0.15, 0.2) is 0 Å². The lowest BCUT2D eigenvalue weighted by Gasteiger charge is -2.35. The average molecular weight is 530 g/mol. The molecule has 10 nitrogen and oxygen atoms in total. The maximum absolute atomic E-state index is 13.3. The Morgan fingerprint density at radius 1 is 0.973 bits per heavy atom. The molecule has 0 spiro atoms. The molecule has 0 saturated carbocycles. The molecule has 2 saturated heterocycles. The zero-order valence-corrected chi connectivity index (χ0v) is 22.2. The van der Waals surface area contributed by atoms with Crippen molar-refractivity contribution in [2.24, 2.45) is 0 Å². The van der Waals surface area contributed by atoms with Gasteiger partial charge < -0.3 is 25.2 Å². The summed E-state index contributed by atoms with van der Waals surface area (Å²) in [5, 5.41) is 5.80. The Labute approximate surface area is 218 Å². The summed E-state index contributed by atoms with van der Waals surface area (Å²) in [5.41, 5.74) is 2.03. The monoisotopic (exact) mass is 529 g/mol. The second kappa shape index (κ2) is 12.0. The summed E-state index contributed by atoms with van der Waals surface area (Å²) in [6.07, 6.45) is 0.00616. The highest BCUT2D eigenvalue weighted by Gasteiger charge is 2.28. The van der Waals surface area contributed by atoms with E-state index >= 15 is 0 Å². The number of carbonyl (C=O) groups is 2. The van der Waals surface area contributed by atoms with Crippen LogP contribution in [0.25, 0.3) is 0 Å². The molecule has 2 N–H and O–H groups in total. The first kappa shape index (κ1) is 27.1. The van der Waals surface area contributed by atoms with Crippen LogP contribution in [-0.2, 0) is 24.3 Å². The molecular weight excluding hydrogens is 494 g/mol. The normalized spacial score (nSPS) is 18.3. The number of morpholine rings is 1. The van der Waals surface area contributed by atoms with Gasteiger partial charge in [0, 0.05) is 46.2 Å². The molecule has 2 aliphatic rings. The molecule has 0 radical (unpaired) electrons. The highest BCUT2D eigenvalue weighted by atomic mass is 32.2. The lowest BCUT2D eigenvalue weighted by molar-refractivity contribution is -0.120. The number of benzene rings is 2. The van der Waals surface area contributed by atoms with E-state index in [1.165, 1.54) is 11.2 Å². The Balaban J connectivity index is 1.61. The van der Waals surface area contributed by atoms with Crippen molar-refractivity contribution in [3.8, 4) is 0 Å². The van der Waals surface area contributed by atoms with Crippen LogP contribution in [0.15, 0.2) is 53.4 Å². The van der Waals surface area contributed by atoms with Crippen LogP contribution in [0.3, 0.4) is 0 Å². The van der Waals surface area contributed by atoms with E-state index in [1.807, 2.05) is 30.3 Å². The minimum Gasteiger partial charge on any atom is -0.379 e. The Morgan fingerprint density at radius 2 is 1.65 bits per heavy atom. The van der Waals surface area contributed by atoms with Crippen molar-refractivity contribution >= 4 is 33.2 Å². The van der Waals surface area contributed by atoms with Crippen LogP contribution in [0, 0.1) is 0 Å². The van der Waals surface area contributed by atoms with Crippen molar-refractivity contribution in [3.05, 3.63) is 54.1 Å². The molecule has 1 atom stereocenters. The molecule has 4 rings (SSSR count). The SMILES string of the molecule is CC(=O)N[C@H](CC(=O)Nc1cc(S(=O)(=O)N2CCOCC2)ccc1N1CCN(C)CC1)c1ccccc1. The van der Waals surface area contributed by atoms with E-state index < -0.39 is 16.1 Å². The Hall–Kier alpha value is -2.99. The Morgan fingerprint density at radius 3 is 2.30 bits per heavy atom. The summed E-state index contributed by atoms with van der Waals surface area (Å²) < 4.78 is 33.4. The highest BCUT2D eigenvalue weighted by Crippen LogP contribution is 2.32. The molecule has 2 aromatic rings. The van der Waals surface area contributed by atoms with Crippen molar-refractivity contribution in [1.29, 1.82) is 0 Å². The summed E-state index contributed by atoms with van der Waals surface area (Å²) in [5.74, 6) is -0.558. The number of piperazine rings is 1. The number of sulfonamides is 1. The third kappa shape index (κ3) is 6.86. The fourth-order valence-corrected chi connectivity index (χ4v) is 6.04. The molecule has 0 unspecified atom stereocenters. The quantitative estimate of drug-likeness (QED) is 0.535. The van der Waals surface area contributed by atoms with Crippen LogP contribution in [-0.4, -0.2) is 89.0 Å². The standard InChI is InChI=1S/C26H35N5O5S/c1-20(32)27-23(21-6-4-3-5-7-21)19-26(33)28-24-18-22(37(34,35)31-14-16-36-17-15-31)8-9-25(24)30-12-10-29(2)11-13-30/h3-9,18,23H,10-17,19H2,1-2H3,(H,27,32)(H,28,33)/t23-/m1/s1. The Bertz CT molecular complexity index is 1190. The lowest BCUT2D eigenvalue weighted by atomic mass is 10.0. The summed E-state index contributed by atoms with van der Waals surface area (Å²) in [6, 6.07) is 13.7. The molecule has 2 aliphatic heterocycles. The molecule has 2 heterocycles.